The molecule has 0 aliphatic carbocycles. The number of carbonyl (C=O) groups excluding carboxylic acids is 1. The number of hydrogen-bond acceptors (Lipinski definition) is 4. The third-order valence-electron chi connectivity index (χ3n) is 3.92. The topological polar surface area (TPSA) is 44.4 Å². The van der Waals surface area contributed by atoms with Crippen molar-refractivity contribution in [2.45, 2.75) is 10.7 Å². The number of nitrogens with zero attached hydrogens (tertiary/aromatic N) is 1. The van der Waals surface area contributed by atoms with E-state index < -0.39 is 5.76 Å². The van der Waals surface area contributed by atoms with Crippen LogP contribution >= 0.6 is 11.8 Å². The number of rotatable bonds is 5. The van der Waals surface area contributed by atoms with Gasteiger partial charge in [-0.25, -0.2) is 0 Å². The zero-order chi connectivity index (χ0) is 17.6. The molecule has 0 radical (unpaired) electrons. The summed E-state index contributed by atoms with van der Waals surface area (Å²) >= 11 is 0.512. The quantitative estimate of drug-likeness (QED) is 0.794. The normalized spacial score (nSPS) is 14.6. The Bertz CT molecular complexity index is 719. The van der Waals surface area contributed by atoms with E-state index in [1.807, 2.05) is 23.1 Å². The number of nitrogens with one attached hydrogen (secondary N) is 2. The second-order valence-corrected chi connectivity index (χ2v) is 6.68. The van der Waals surface area contributed by atoms with Crippen LogP contribution in [0.4, 0.5) is 20.2 Å². The van der Waals surface area contributed by atoms with Crippen molar-refractivity contribution in [1.29, 1.82) is 0 Å². The number of anilines is 2. The third-order valence-corrected chi connectivity index (χ3v) is 4.64. The molecule has 1 fully saturated rings. The fourth-order valence-corrected chi connectivity index (χ4v) is 3.19. The number of para-hydroxylation sites is 1. The smallest absolute Gasteiger partial charge is 0.288 e. The summed E-state index contributed by atoms with van der Waals surface area (Å²) in [6.45, 7) is 2.97. The Balaban J connectivity index is 1.75. The molecule has 0 atom stereocenters. The second-order valence-electron chi connectivity index (χ2n) is 5.62. The monoisotopic (exact) mass is 363 g/mol. The summed E-state index contributed by atoms with van der Waals surface area (Å²) in [4.78, 5) is 15.1. The number of halogens is 2. The van der Waals surface area contributed by atoms with E-state index in [2.05, 4.69) is 10.6 Å². The van der Waals surface area contributed by atoms with E-state index in [1.165, 1.54) is 0 Å². The Morgan fingerprint density at radius 3 is 2.44 bits per heavy atom. The lowest BCUT2D eigenvalue weighted by molar-refractivity contribution is 0.0737. The van der Waals surface area contributed by atoms with Gasteiger partial charge in [-0.2, -0.15) is 8.78 Å². The average molecular weight is 363 g/mol. The van der Waals surface area contributed by atoms with Crippen molar-refractivity contribution in [3.05, 3.63) is 54.1 Å². The first-order valence-corrected chi connectivity index (χ1v) is 8.92. The minimum absolute atomic E-state index is 0.00511. The van der Waals surface area contributed by atoms with Crippen LogP contribution in [0.5, 0.6) is 0 Å². The lowest BCUT2D eigenvalue weighted by Crippen LogP contribution is -2.46. The van der Waals surface area contributed by atoms with Gasteiger partial charge < -0.3 is 15.5 Å². The molecule has 25 heavy (non-hydrogen) atoms. The molecule has 7 heteroatoms. The highest BCUT2D eigenvalue weighted by molar-refractivity contribution is 7.99. The number of alkyl halides is 2. The molecule has 0 unspecified atom stereocenters. The van der Waals surface area contributed by atoms with Crippen molar-refractivity contribution in [3.8, 4) is 0 Å². The van der Waals surface area contributed by atoms with Crippen LogP contribution in [0.3, 0.4) is 0 Å². The molecule has 2 aromatic carbocycles. The first kappa shape index (κ1) is 17.7. The van der Waals surface area contributed by atoms with Crippen LogP contribution in [0.25, 0.3) is 0 Å². The Morgan fingerprint density at radius 1 is 1.08 bits per heavy atom. The molecule has 0 aromatic heterocycles. The first-order chi connectivity index (χ1) is 12.1. The van der Waals surface area contributed by atoms with Gasteiger partial charge in [-0.1, -0.05) is 23.9 Å². The summed E-state index contributed by atoms with van der Waals surface area (Å²) in [6.07, 6.45) is 0. The van der Waals surface area contributed by atoms with Crippen molar-refractivity contribution in [3.63, 3.8) is 0 Å². The van der Waals surface area contributed by atoms with Crippen LogP contribution in [0.2, 0.25) is 0 Å². The Hall–Kier alpha value is -2.12. The highest BCUT2D eigenvalue weighted by Crippen LogP contribution is 2.28. The maximum atomic E-state index is 12.8. The lowest BCUT2D eigenvalue weighted by atomic mass is 10.1. The Kier molecular flexibility index (Phi) is 5.88. The standard InChI is InChI=1S/C18H19F2N3OS/c19-18(20)25-14-7-5-13(6-8-14)22-16-4-2-1-3-15(16)17(24)23-11-9-21-10-12-23/h1-8,18,21-22H,9-12H2. The summed E-state index contributed by atoms with van der Waals surface area (Å²) in [7, 11) is 0. The van der Waals surface area contributed by atoms with Gasteiger partial charge in [0.25, 0.3) is 11.7 Å². The average Bonchev–Trinajstić information content (AvgIpc) is 2.63. The van der Waals surface area contributed by atoms with Crippen LogP contribution in [-0.2, 0) is 0 Å². The number of carbonyl (C=O) groups is 1. The summed E-state index contributed by atoms with van der Waals surface area (Å²) in [5.41, 5.74) is 2.06. The van der Waals surface area contributed by atoms with E-state index in [9.17, 15) is 13.6 Å². The van der Waals surface area contributed by atoms with Crippen LogP contribution < -0.4 is 10.6 Å². The molecule has 132 valence electrons. The van der Waals surface area contributed by atoms with Gasteiger partial charge in [-0.05, 0) is 36.4 Å². The van der Waals surface area contributed by atoms with Crippen molar-refractivity contribution in [1.82, 2.24) is 10.2 Å². The molecular weight excluding hydrogens is 344 g/mol. The van der Waals surface area contributed by atoms with Gasteiger partial charge in [0.05, 0.1) is 11.3 Å². The summed E-state index contributed by atoms with van der Waals surface area (Å²) < 4.78 is 24.8. The van der Waals surface area contributed by atoms with Gasteiger partial charge in [0, 0.05) is 36.8 Å². The zero-order valence-electron chi connectivity index (χ0n) is 13.5. The molecule has 1 aliphatic heterocycles. The van der Waals surface area contributed by atoms with Crippen molar-refractivity contribution in [2.75, 3.05) is 31.5 Å². The minimum atomic E-state index is -2.43. The maximum absolute atomic E-state index is 12.8. The van der Waals surface area contributed by atoms with Gasteiger partial charge in [0.15, 0.2) is 0 Å². The molecule has 1 saturated heterocycles. The predicted octanol–water partition coefficient (Wildman–Crippen LogP) is 3.79. The second kappa shape index (κ2) is 8.31. The molecule has 1 aliphatic rings. The van der Waals surface area contributed by atoms with Crippen molar-refractivity contribution in [2.24, 2.45) is 0 Å². The van der Waals surface area contributed by atoms with Crippen LogP contribution in [0.1, 0.15) is 10.4 Å². The molecule has 3 rings (SSSR count). The molecule has 1 amide bonds. The van der Waals surface area contributed by atoms with E-state index in [1.54, 1.807) is 30.3 Å². The van der Waals surface area contributed by atoms with E-state index in [0.717, 1.165) is 18.8 Å². The zero-order valence-corrected chi connectivity index (χ0v) is 14.4. The minimum Gasteiger partial charge on any atom is -0.355 e. The fourth-order valence-electron chi connectivity index (χ4n) is 2.69. The number of amides is 1. The number of piperazine rings is 1. The maximum Gasteiger partial charge on any atom is 0.288 e. The number of thioether (sulfide) groups is 1. The molecule has 0 saturated carbocycles. The molecule has 2 N–H and O–H groups in total. The molecule has 0 bridgehead atoms. The van der Waals surface area contributed by atoms with Gasteiger partial charge in [0.2, 0.25) is 0 Å². The first-order valence-electron chi connectivity index (χ1n) is 8.04. The van der Waals surface area contributed by atoms with Crippen molar-refractivity contribution >= 4 is 29.0 Å². The van der Waals surface area contributed by atoms with Gasteiger partial charge in [-0.15, -0.1) is 0 Å². The Morgan fingerprint density at radius 2 is 1.76 bits per heavy atom. The highest BCUT2D eigenvalue weighted by atomic mass is 32.2. The predicted molar refractivity (Wildman–Crippen MR) is 96.8 cm³/mol. The van der Waals surface area contributed by atoms with E-state index in [0.29, 0.717) is 41.0 Å². The summed E-state index contributed by atoms with van der Waals surface area (Å²) in [5, 5.41) is 6.44. The highest BCUT2D eigenvalue weighted by Gasteiger charge is 2.20. The SMILES string of the molecule is O=C(c1ccccc1Nc1ccc(SC(F)F)cc1)N1CCNCC1. The summed E-state index contributed by atoms with van der Waals surface area (Å²) in [6, 6.07) is 14.1. The fraction of sp³-hybridized carbons (Fsp3) is 0.278. The molecule has 1 heterocycles. The summed E-state index contributed by atoms with van der Waals surface area (Å²) in [5.74, 6) is -2.44. The lowest BCUT2D eigenvalue weighted by Gasteiger charge is -2.28. The van der Waals surface area contributed by atoms with Crippen LogP contribution in [0, 0.1) is 0 Å². The van der Waals surface area contributed by atoms with E-state index in [-0.39, 0.29) is 5.91 Å². The van der Waals surface area contributed by atoms with Crippen molar-refractivity contribution < 1.29 is 13.6 Å². The largest absolute Gasteiger partial charge is 0.355 e. The van der Waals surface area contributed by atoms with Gasteiger partial charge in [0.1, 0.15) is 0 Å². The molecular formula is C18H19F2N3OS. The molecule has 2 aromatic rings. The van der Waals surface area contributed by atoms with E-state index in [4.69, 9.17) is 0 Å². The Labute approximate surface area is 149 Å². The van der Waals surface area contributed by atoms with Gasteiger partial charge in [-0.3, -0.25) is 4.79 Å². The number of benzene rings is 2. The number of hydrogen-bond donors (Lipinski definition) is 2. The van der Waals surface area contributed by atoms with E-state index >= 15 is 0 Å². The van der Waals surface area contributed by atoms with Crippen LogP contribution in [0.15, 0.2) is 53.4 Å². The molecule has 4 nitrogen and oxygen atoms in total. The van der Waals surface area contributed by atoms with Gasteiger partial charge >= 0.3 is 0 Å². The molecule has 0 spiro atoms. The third kappa shape index (κ3) is 4.70. The van der Waals surface area contributed by atoms with Crippen LogP contribution in [-0.4, -0.2) is 42.7 Å².